The van der Waals surface area contributed by atoms with Crippen LogP contribution in [-0.4, -0.2) is 14.5 Å². The fourth-order valence-electron chi connectivity index (χ4n) is 2.81. The average Bonchev–Trinajstić information content (AvgIpc) is 2.85. The summed E-state index contributed by atoms with van der Waals surface area (Å²) in [6, 6.07) is 12.7. The molecule has 0 saturated heterocycles. The molecule has 0 spiro atoms. The molecule has 3 nitrogen and oxygen atoms in total. The Hall–Kier alpha value is -2.42. The molecule has 0 N–H and O–H groups in total. The van der Waals surface area contributed by atoms with Crippen molar-refractivity contribution in [3.8, 4) is 5.82 Å². The van der Waals surface area contributed by atoms with Gasteiger partial charge >= 0.3 is 0 Å². The van der Waals surface area contributed by atoms with E-state index in [1.807, 2.05) is 18.5 Å². The zero-order valence-corrected chi connectivity index (χ0v) is 13.4. The van der Waals surface area contributed by atoms with Crippen molar-refractivity contribution < 1.29 is 0 Å². The van der Waals surface area contributed by atoms with E-state index in [9.17, 15) is 0 Å². The predicted molar refractivity (Wildman–Crippen MR) is 89.4 cm³/mol. The maximum atomic E-state index is 4.86. The first kappa shape index (κ1) is 14.5. The highest BCUT2D eigenvalue weighted by Gasteiger charge is 2.07. The molecule has 0 aromatic carbocycles. The molecular formula is C19H21N3. The van der Waals surface area contributed by atoms with Crippen molar-refractivity contribution in [3.05, 3.63) is 77.0 Å². The van der Waals surface area contributed by atoms with E-state index >= 15 is 0 Å². The van der Waals surface area contributed by atoms with Crippen LogP contribution in [0, 0.1) is 20.8 Å². The summed E-state index contributed by atoms with van der Waals surface area (Å²) in [5.41, 5.74) is 6.06. The van der Waals surface area contributed by atoms with Gasteiger partial charge in [-0.15, -0.1) is 0 Å². The van der Waals surface area contributed by atoms with Gasteiger partial charge in [-0.3, -0.25) is 4.98 Å². The molecule has 3 heterocycles. The molecule has 0 aliphatic heterocycles. The van der Waals surface area contributed by atoms with Gasteiger partial charge in [0.05, 0.1) is 0 Å². The number of rotatable bonds is 4. The molecule has 3 aromatic heterocycles. The van der Waals surface area contributed by atoms with Gasteiger partial charge < -0.3 is 4.57 Å². The molecule has 0 amide bonds. The Kier molecular flexibility index (Phi) is 4.05. The Morgan fingerprint density at radius 3 is 2.41 bits per heavy atom. The second-order valence-corrected chi connectivity index (χ2v) is 5.81. The summed E-state index contributed by atoms with van der Waals surface area (Å²) in [5.74, 6) is 1.01. The van der Waals surface area contributed by atoms with Crippen molar-refractivity contribution in [2.24, 2.45) is 0 Å². The van der Waals surface area contributed by atoms with Crippen molar-refractivity contribution in [1.82, 2.24) is 14.5 Å². The van der Waals surface area contributed by atoms with Crippen LogP contribution in [-0.2, 0) is 12.8 Å². The standard InChI is InChI=1S/C19H21N3/c1-14-11-18(9-8-17-5-4-10-20-13-17)21-19(12-14)22-15(2)6-7-16(22)3/h4-7,10-13H,8-9H2,1-3H3. The lowest BCUT2D eigenvalue weighted by molar-refractivity contribution is 0.859. The molecule has 112 valence electrons. The van der Waals surface area contributed by atoms with E-state index in [2.05, 4.69) is 60.7 Å². The average molecular weight is 291 g/mol. The van der Waals surface area contributed by atoms with Crippen LogP contribution in [0.5, 0.6) is 0 Å². The van der Waals surface area contributed by atoms with Gasteiger partial charge in [0.1, 0.15) is 5.82 Å². The second-order valence-electron chi connectivity index (χ2n) is 5.81. The molecule has 0 unspecified atom stereocenters. The molecule has 0 saturated carbocycles. The molecule has 3 aromatic rings. The minimum atomic E-state index is 0.930. The first-order valence-corrected chi connectivity index (χ1v) is 7.65. The Morgan fingerprint density at radius 1 is 0.955 bits per heavy atom. The van der Waals surface area contributed by atoms with Gasteiger partial charge in [-0.1, -0.05) is 6.07 Å². The first-order chi connectivity index (χ1) is 10.6. The van der Waals surface area contributed by atoms with Crippen LogP contribution in [0.15, 0.2) is 48.8 Å². The highest BCUT2D eigenvalue weighted by atomic mass is 15.1. The van der Waals surface area contributed by atoms with Gasteiger partial charge in [0.2, 0.25) is 0 Å². The highest BCUT2D eigenvalue weighted by molar-refractivity contribution is 5.36. The van der Waals surface area contributed by atoms with E-state index < -0.39 is 0 Å². The minimum absolute atomic E-state index is 0.930. The maximum Gasteiger partial charge on any atom is 0.137 e. The fourth-order valence-corrected chi connectivity index (χ4v) is 2.81. The zero-order chi connectivity index (χ0) is 15.5. The molecule has 0 atom stereocenters. The smallest absolute Gasteiger partial charge is 0.137 e. The van der Waals surface area contributed by atoms with E-state index in [0.29, 0.717) is 0 Å². The SMILES string of the molecule is Cc1cc(CCc2cccnc2)nc(-n2c(C)ccc2C)c1. The summed E-state index contributed by atoms with van der Waals surface area (Å²) in [4.78, 5) is 9.03. The van der Waals surface area contributed by atoms with Crippen molar-refractivity contribution in [2.45, 2.75) is 33.6 Å². The summed E-state index contributed by atoms with van der Waals surface area (Å²) >= 11 is 0. The molecule has 0 aliphatic carbocycles. The number of hydrogen-bond donors (Lipinski definition) is 0. The molecule has 0 bridgehead atoms. The van der Waals surface area contributed by atoms with E-state index in [-0.39, 0.29) is 0 Å². The fraction of sp³-hybridized carbons (Fsp3) is 0.263. The van der Waals surface area contributed by atoms with Gasteiger partial charge in [-0.25, -0.2) is 4.98 Å². The first-order valence-electron chi connectivity index (χ1n) is 7.65. The van der Waals surface area contributed by atoms with Gasteiger partial charge in [0.25, 0.3) is 0 Å². The van der Waals surface area contributed by atoms with Crippen molar-refractivity contribution in [1.29, 1.82) is 0 Å². The van der Waals surface area contributed by atoms with Crippen LogP contribution in [0.3, 0.4) is 0 Å². The largest absolute Gasteiger partial charge is 0.303 e. The van der Waals surface area contributed by atoms with Crippen LogP contribution >= 0.6 is 0 Å². The van der Waals surface area contributed by atoms with Crippen LogP contribution < -0.4 is 0 Å². The van der Waals surface area contributed by atoms with E-state index in [1.54, 1.807) is 0 Å². The van der Waals surface area contributed by atoms with Gasteiger partial charge in [-0.2, -0.15) is 0 Å². The van der Waals surface area contributed by atoms with E-state index in [1.165, 1.54) is 22.5 Å². The minimum Gasteiger partial charge on any atom is -0.303 e. The highest BCUT2D eigenvalue weighted by Crippen LogP contribution is 2.17. The van der Waals surface area contributed by atoms with Crippen LogP contribution in [0.25, 0.3) is 5.82 Å². The Bertz CT molecular complexity index is 753. The summed E-state index contributed by atoms with van der Waals surface area (Å²) in [6.07, 6.45) is 5.63. The molecule has 3 heteroatoms. The zero-order valence-electron chi connectivity index (χ0n) is 13.4. The summed E-state index contributed by atoms with van der Waals surface area (Å²) < 4.78 is 2.21. The van der Waals surface area contributed by atoms with Crippen molar-refractivity contribution >= 4 is 0 Å². The summed E-state index contributed by atoms with van der Waals surface area (Å²) in [5, 5.41) is 0. The van der Waals surface area contributed by atoms with Gasteiger partial charge in [-0.05, 0) is 75.1 Å². The van der Waals surface area contributed by atoms with Crippen molar-refractivity contribution in [3.63, 3.8) is 0 Å². The predicted octanol–water partition coefficient (Wildman–Crippen LogP) is 3.98. The lowest BCUT2D eigenvalue weighted by Crippen LogP contribution is -2.05. The van der Waals surface area contributed by atoms with E-state index in [4.69, 9.17) is 4.98 Å². The Balaban J connectivity index is 1.87. The lowest BCUT2D eigenvalue weighted by Gasteiger charge is -2.11. The lowest BCUT2D eigenvalue weighted by atomic mass is 10.1. The number of aryl methyl sites for hydroxylation is 5. The normalized spacial score (nSPS) is 10.9. The third-order valence-corrected chi connectivity index (χ3v) is 3.90. The molecule has 3 rings (SSSR count). The van der Waals surface area contributed by atoms with Crippen LogP contribution in [0.4, 0.5) is 0 Å². The van der Waals surface area contributed by atoms with Gasteiger partial charge in [0, 0.05) is 29.5 Å². The third kappa shape index (κ3) is 3.08. The number of hydrogen-bond acceptors (Lipinski definition) is 2. The van der Waals surface area contributed by atoms with E-state index in [0.717, 1.165) is 24.4 Å². The molecule has 0 radical (unpaired) electrons. The second kappa shape index (κ2) is 6.14. The monoisotopic (exact) mass is 291 g/mol. The molecular weight excluding hydrogens is 270 g/mol. The van der Waals surface area contributed by atoms with Crippen LogP contribution in [0.1, 0.15) is 28.2 Å². The number of nitrogens with zero attached hydrogens (tertiary/aromatic N) is 3. The molecule has 0 fully saturated rings. The van der Waals surface area contributed by atoms with Crippen LogP contribution in [0.2, 0.25) is 0 Å². The third-order valence-electron chi connectivity index (χ3n) is 3.90. The van der Waals surface area contributed by atoms with Crippen molar-refractivity contribution in [2.75, 3.05) is 0 Å². The topological polar surface area (TPSA) is 30.7 Å². The summed E-state index contributed by atoms with van der Waals surface area (Å²) in [7, 11) is 0. The molecule has 0 aliphatic rings. The maximum absolute atomic E-state index is 4.86. The molecule has 22 heavy (non-hydrogen) atoms. The van der Waals surface area contributed by atoms with Gasteiger partial charge in [0.15, 0.2) is 0 Å². The Morgan fingerprint density at radius 2 is 1.73 bits per heavy atom. The quantitative estimate of drug-likeness (QED) is 0.728. The summed E-state index contributed by atoms with van der Waals surface area (Å²) in [6.45, 7) is 6.37. The Labute approximate surface area is 131 Å². The number of pyridine rings is 2. The number of aromatic nitrogens is 3.